The molecule has 1 fully saturated rings. The summed E-state index contributed by atoms with van der Waals surface area (Å²) in [5.41, 5.74) is 0.725. The summed E-state index contributed by atoms with van der Waals surface area (Å²) in [6, 6.07) is 0. The van der Waals surface area contributed by atoms with E-state index in [9.17, 15) is 4.79 Å². The molecule has 1 aromatic rings. The maximum atomic E-state index is 12.9. The number of ether oxygens (including phenoxy) is 1. The van der Waals surface area contributed by atoms with Gasteiger partial charge in [-0.25, -0.2) is 4.98 Å². The minimum atomic E-state index is -0.429. The zero-order valence-corrected chi connectivity index (χ0v) is 17.2. The quantitative estimate of drug-likeness (QED) is 0.779. The number of methoxy groups -OCH3 is 1. The third kappa shape index (κ3) is 5.05. The van der Waals surface area contributed by atoms with Gasteiger partial charge in [-0.2, -0.15) is 0 Å². The number of likely N-dealkylation sites (N-methyl/N-ethyl adjacent to an activating group) is 1. The minimum absolute atomic E-state index is 0. The second kappa shape index (κ2) is 10.0. The Bertz CT molecular complexity index is 559. The molecular formula is C16H28Cl2N4O2S. The molecule has 0 unspecified atom stereocenters. The molecule has 6 nitrogen and oxygen atoms in total. The number of nitrogens with zero attached hydrogens (tertiary/aromatic N) is 2. The number of rotatable bonds is 5. The van der Waals surface area contributed by atoms with Crippen LogP contribution >= 0.6 is 36.2 Å². The van der Waals surface area contributed by atoms with Gasteiger partial charge >= 0.3 is 0 Å². The van der Waals surface area contributed by atoms with Crippen LogP contribution in [0.5, 0.6) is 0 Å². The van der Waals surface area contributed by atoms with E-state index < -0.39 is 5.41 Å². The summed E-state index contributed by atoms with van der Waals surface area (Å²) in [6.45, 7) is 7.43. The molecule has 1 saturated heterocycles. The van der Waals surface area contributed by atoms with Gasteiger partial charge in [-0.15, -0.1) is 36.2 Å². The Labute approximate surface area is 165 Å². The van der Waals surface area contributed by atoms with Crippen LogP contribution in [0.3, 0.4) is 0 Å². The zero-order chi connectivity index (χ0) is 16.3. The Morgan fingerprint density at radius 1 is 1.40 bits per heavy atom. The van der Waals surface area contributed by atoms with E-state index in [0.29, 0.717) is 6.61 Å². The van der Waals surface area contributed by atoms with Crippen LogP contribution < -0.4 is 10.6 Å². The summed E-state index contributed by atoms with van der Waals surface area (Å²) in [7, 11) is 1.67. The van der Waals surface area contributed by atoms with Gasteiger partial charge in [-0.1, -0.05) is 6.92 Å². The number of fused-ring (bicyclic) bond motifs is 1. The first kappa shape index (κ1) is 22.6. The van der Waals surface area contributed by atoms with Crippen molar-refractivity contribution in [2.24, 2.45) is 5.41 Å². The third-order valence-corrected chi connectivity index (χ3v) is 5.94. The van der Waals surface area contributed by atoms with E-state index >= 15 is 0 Å². The van der Waals surface area contributed by atoms with Crippen LogP contribution in [0.1, 0.15) is 30.3 Å². The number of hydrogen-bond donors (Lipinski definition) is 2. The summed E-state index contributed by atoms with van der Waals surface area (Å²) in [5, 5.41) is 7.13. The number of piperidine rings is 1. The Hall–Kier alpha value is -0.440. The summed E-state index contributed by atoms with van der Waals surface area (Å²) in [5.74, 6) is 0.0549. The molecule has 0 radical (unpaired) electrons. The lowest BCUT2D eigenvalue weighted by Gasteiger charge is -2.35. The molecule has 0 aliphatic carbocycles. The topological polar surface area (TPSA) is 66.5 Å². The molecule has 9 heteroatoms. The molecule has 3 rings (SSSR count). The van der Waals surface area contributed by atoms with Crippen LogP contribution in [-0.4, -0.2) is 55.7 Å². The van der Waals surface area contributed by atoms with Crippen LogP contribution in [0, 0.1) is 5.41 Å². The monoisotopic (exact) mass is 410 g/mol. The van der Waals surface area contributed by atoms with Crippen molar-refractivity contribution in [1.82, 2.24) is 15.2 Å². The van der Waals surface area contributed by atoms with Gasteiger partial charge in [-0.3, -0.25) is 9.69 Å². The van der Waals surface area contributed by atoms with Crippen LogP contribution in [0.4, 0.5) is 5.13 Å². The smallest absolute Gasteiger partial charge is 0.234 e. The van der Waals surface area contributed by atoms with Crippen molar-refractivity contribution in [3.05, 3.63) is 10.6 Å². The van der Waals surface area contributed by atoms with Crippen molar-refractivity contribution in [3.8, 4) is 0 Å². The van der Waals surface area contributed by atoms with E-state index in [2.05, 4.69) is 27.4 Å². The summed E-state index contributed by atoms with van der Waals surface area (Å²) < 4.78 is 5.34. The van der Waals surface area contributed by atoms with E-state index in [4.69, 9.17) is 4.74 Å². The molecule has 2 N–H and O–H groups in total. The fourth-order valence-electron chi connectivity index (χ4n) is 3.42. The molecule has 0 spiro atoms. The largest absolute Gasteiger partial charge is 0.384 e. The van der Waals surface area contributed by atoms with Gasteiger partial charge in [0.25, 0.3) is 0 Å². The molecule has 144 valence electrons. The highest BCUT2D eigenvalue weighted by atomic mass is 35.5. The van der Waals surface area contributed by atoms with E-state index in [0.717, 1.165) is 62.8 Å². The first-order chi connectivity index (χ1) is 11.2. The fraction of sp³-hybridized carbons (Fsp3) is 0.750. The summed E-state index contributed by atoms with van der Waals surface area (Å²) >= 11 is 1.62. The van der Waals surface area contributed by atoms with Crippen molar-refractivity contribution < 1.29 is 9.53 Å². The molecule has 1 aromatic heterocycles. The molecular weight excluding hydrogens is 383 g/mol. The van der Waals surface area contributed by atoms with Crippen molar-refractivity contribution in [2.45, 2.75) is 32.7 Å². The summed E-state index contributed by atoms with van der Waals surface area (Å²) in [4.78, 5) is 21.2. The molecule has 1 amide bonds. The molecule has 0 saturated carbocycles. The number of thiazole rings is 1. The highest BCUT2D eigenvalue weighted by Crippen LogP contribution is 2.33. The van der Waals surface area contributed by atoms with Crippen molar-refractivity contribution in [1.29, 1.82) is 0 Å². The Balaban J connectivity index is 0.00000156. The number of carbonyl (C=O) groups excluding carboxylic acids is 1. The number of anilines is 1. The Morgan fingerprint density at radius 3 is 2.76 bits per heavy atom. The highest BCUT2D eigenvalue weighted by molar-refractivity contribution is 7.15. The van der Waals surface area contributed by atoms with Gasteiger partial charge in [0.1, 0.15) is 0 Å². The average Bonchev–Trinajstić information content (AvgIpc) is 2.97. The molecule has 0 bridgehead atoms. The number of halogens is 2. The lowest BCUT2D eigenvalue weighted by Crippen LogP contribution is -2.47. The number of nitrogens with one attached hydrogen (secondary N) is 2. The molecule has 2 aliphatic heterocycles. The lowest BCUT2D eigenvalue weighted by atomic mass is 9.79. The SMILES string of the molecule is CCN1CCc2nc(NC(=O)C3(COC)CCNCC3)sc2C1.Cl.Cl. The van der Waals surface area contributed by atoms with Gasteiger partial charge < -0.3 is 15.4 Å². The average molecular weight is 411 g/mol. The van der Waals surface area contributed by atoms with Crippen LogP contribution in [0.25, 0.3) is 0 Å². The number of carbonyl (C=O) groups is 1. The van der Waals surface area contributed by atoms with Crippen molar-refractivity contribution in [3.63, 3.8) is 0 Å². The first-order valence-electron chi connectivity index (χ1n) is 8.39. The second-order valence-electron chi connectivity index (χ2n) is 6.43. The molecule has 25 heavy (non-hydrogen) atoms. The molecule has 2 aliphatic rings. The van der Waals surface area contributed by atoms with Crippen LogP contribution in [0.2, 0.25) is 0 Å². The number of aromatic nitrogens is 1. The summed E-state index contributed by atoms with van der Waals surface area (Å²) in [6.07, 6.45) is 2.59. The third-order valence-electron chi connectivity index (χ3n) is 4.94. The molecule has 0 aromatic carbocycles. The first-order valence-corrected chi connectivity index (χ1v) is 9.20. The van der Waals surface area contributed by atoms with Gasteiger partial charge in [-0.05, 0) is 32.5 Å². The van der Waals surface area contributed by atoms with E-state index in [-0.39, 0.29) is 30.7 Å². The number of hydrogen-bond acceptors (Lipinski definition) is 6. The van der Waals surface area contributed by atoms with Crippen LogP contribution in [-0.2, 0) is 22.5 Å². The standard InChI is InChI=1S/C16H26N4O2S.2ClH/c1-3-20-9-4-12-13(10-20)23-15(18-12)19-14(21)16(11-22-2)5-7-17-8-6-16;;/h17H,3-11H2,1-2H3,(H,18,19,21);2*1H. The van der Waals surface area contributed by atoms with E-state index in [1.165, 1.54) is 4.88 Å². The van der Waals surface area contributed by atoms with Gasteiger partial charge in [0, 0.05) is 31.5 Å². The zero-order valence-electron chi connectivity index (χ0n) is 14.8. The number of amides is 1. The normalized spacial score (nSPS) is 19.3. The Morgan fingerprint density at radius 2 is 2.12 bits per heavy atom. The second-order valence-corrected chi connectivity index (χ2v) is 7.51. The highest BCUT2D eigenvalue weighted by Gasteiger charge is 2.40. The predicted octanol–water partition coefficient (Wildman–Crippen LogP) is 2.32. The Kier molecular flexibility index (Phi) is 9.08. The maximum Gasteiger partial charge on any atom is 0.234 e. The van der Waals surface area contributed by atoms with E-state index in [1.807, 2.05) is 0 Å². The van der Waals surface area contributed by atoms with E-state index in [1.54, 1.807) is 18.4 Å². The molecule has 0 atom stereocenters. The minimum Gasteiger partial charge on any atom is -0.384 e. The van der Waals surface area contributed by atoms with Gasteiger partial charge in [0.15, 0.2) is 5.13 Å². The van der Waals surface area contributed by atoms with Gasteiger partial charge in [0.05, 0.1) is 17.7 Å². The van der Waals surface area contributed by atoms with Crippen molar-refractivity contribution in [2.75, 3.05) is 45.2 Å². The maximum absolute atomic E-state index is 12.9. The molecule has 3 heterocycles. The fourth-order valence-corrected chi connectivity index (χ4v) is 4.47. The predicted molar refractivity (Wildman–Crippen MR) is 106 cm³/mol. The van der Waals surface area contributed by atoms with Crippen LogP contribution in [0.15, 0.2) is 0 Å². The van der Waals surface area contributed by atoms with Crippen molar-refractivity contribution >= 4 is 47.2 Å². The van der Waals surface area contributed by atoms with Gasteiger partial charge in [0.2, 0.25) is 5.91 Å². The lowest BCUT2D eigenvalue weighted by molar-refractivity contribution is -0.130.